The zero-order chi connectivity index (χ0) is 18.9. The molecule has 1 fully saturated rings. The maximum absolute atomic E-state index is 12.6. The average molecular weight is 446 g/mol. The predicted molar refractivity (Wildman–Crippen MR) is 116 cm³/mol. The highest BCUT2D eigenvalue weighted by Gasteiger charge is 2.33. The van der Waals surface area contributed by atoms with Crippen LogP contribution in [0.1, 0.15) is 24.0 Å². The number of carbonyl (C=O) groups excluding carboxylic acids is 2. The van der Waals surface area contributed by atoms with Gasteiger partial charge >= 0.3 is 0 Å². The van der Waals surface area contributed by atoms with E-state index >= 15 is 0 Å². The van der Waals surface area contributed by atoms with Crippen LogP contribution in [0.2, 0.25) is 0 Å². The molecule has 0 radical (unpaired) electrons. The fraction of sp³-hybridized carbons (Fsp3) is 0.364. The van der Waals surface area contributed by atoms with E-state index in [2.05, 4.69) is 22.8 Å². The smallest absolute Gasteiger partial charge is 0.242 e. The van der Waals surface area contributed by atoms with Gasteiger partial charge in [0.05, 0.1) is 6.42 Å². The Morgan fingerprint density at radius 1 is 0.929 bits per heavy atom. The molecule has 1 aliphatic rings. The Hall–Kier alpha value is -2.18. The first kappa shape index (κ1) is 22.1. The summed E-state index contributed by atoms with van der Waals surface area (Å²) in [4.78, 5) is 26.8. The van der Waals surface area contributed by atoms with Crippen molar-refractivity contribution in [2.75, 3.05) is 19.6 Å². The molecule has 2 N–H and O–H groups in total. The van der Waals surface area contributed by atoms with Gasteiger partial charge in [-0.2, -0.15) is 0 Å². The molecule has 5 nitrogen and oxygen atoms in total. The largest absolute Gasteiger partial charge is 0.353 e. The average Bonchev–Trinajstić information content (AvgIpc) is 3.19. The van der Waals surface area contributed by atoms with E-state index in [0.717, 1.165) is 24.9 Å². The normalized spacial score (nSPS) is 15.7. The lowest BCUT2D eigenvalue weighted by atomic mass is 10.1. The second-order valence-corrected chi connectivity index (χ2v) is 6.86. The van der Waals surface area contributed by atoms with Crippen LogP contribution < -0.4 is 10.6 Å². The molecular weight excluding hydrogens is 418 g/mol. The summed E-state index contributed by atoms with van der Waals surface area (Å²) in [6.07, 6.45) is 1.97. The van der Waals surface area contributed by atoms with E-state index in [-0.39, 0.29) is 34.8 Å². The first-order chi connectivity index (χ1) is 13.2. The number of benzene rings is 2. The van der Waals surface area contributed by atoms with Crippen molar-refractivity contribution in [3.63, 3.8) is 0 Å². The standard InChI is InChI=1S/C22H27N3O2.BrH/c26-21(16-18-8-3-1-4-9-18)25-15-7-12-20(25)22(27)24-14-13-23-17-19-10-5-2-6-11-19;/h1-6,8-11,20,23H,7,12-17H2,(H,24,27);1H/t20-;/m0./s1. The molecule has 2 amide bonds. The van der Waals surface area contributed by atoms with Crippen LogP contribution in [0.4, 0.5) is 0 Å². The van der Waals surface area contributed by atoms with Gasteiger partial charge < -0.3 is 15.5 Å². The Morgan fingerprint density at radius 2 is 1.57 bits per heavy atom. The molecule has 1 saturated heterocycles. The second kappa shape index (κ2) is 11.6. The van der Waals surface area contributed by atoms with E-state index in [9.17, 15) is 9.59 Å². The molecule has 28 heavy (non-hydrogen) atoms. The maximum Gasteiger partial charge on any atom is 0.242 e. The minimum absolute atomic E-state index is 0. The maximum atomic E-state index is 12.6. The van der Waals surface area contributed by atoms with Gasteiger partial charge in [0.15, 0.2) is 0 Å². The summed E-state index contributed by atoms with van der Waals surface area (Å²) in [7, 11) is 0. The molecule has 1 heterocycles. The Labute approximate surface area is 177 Å². The Morgan fingerprint density at radius 3 is 2.25 bits per heavy atom. The minimum Gasteiger partial charge on any atom is -0.353 e. The number of rotatable bonds is 8. The Balaban J connectivity index is 0.00000280. The molecule has 0 saturated carbocycles. The van der Waals surface area contributed by atoms with Gasteiger partial charge in [-0.25, -0.2) is 0 Å². The lowest BCUT2D eigenvalue weighted by Crippen LogP contribution is -2.47. The summed E-state index contributed by atoms with van der Waals surface area (Å²) < 4.78 is 0. The van der Waals surface area contributed by atoms with Gasteiger partial charge in [-0.15, -0.1) is 17.0 Å². The summed E-state index contributed by atoms with van der Waals surface area (Å²) >= 11 is 0. The van der Waals surface area contributed by atoms with E-state index < -0.39 is 0 Å². The highest BCUT2D eigenvalue weighted by atomic mass is 79.9. The van der Waals surface area contributed by atoms with E-state index in [1.807, 2.05) is 48.5 Å². The second-order valence-electron chi connectivity index (χ2n) is 6.86. The predicted octanol–water partition coefficient (Wildman–Crippen LogP) is 2.70. The lowest BCUT2D eigenvalue weighted by molar-refractivity contribution is -0.137. The molecule has 1 aliphatic heterocycles. The van der Waals surface area contributed by atoms with E-state index in [0.29, 0.717) is 26.1 Å². The number of amides is 2. The number of nitrogens with zero attached hydrogens (tertiary/aromatic N) is 1. The number of likely N-dealkylation sites (tertiary alicyclic amines) is 1. The summed E-state index contributed by atoms with van der Waals surface area (Å²) in [5, 5.41) is 6.28. The number of nitrogens with one attached hydrogen (secondary N) is 2. The van der Waals surface area contributed by atoms with Gasteiger partial charge in [0, 0.05) is 26.2 Å². The molecule has 0 unspecified atom stereocenters. The molecule has 0 aliphatic carbocycles. The quantitative estimate of drug-likeness (QED) is 0.614. The zero-order valence-electron chi connectivity index (χ0n) is 16.0. The van der Waals surface area contributed by atoms with Crippen LogP contribution in [0.15, 0.2) is 60.7 Å². The number of hydrogen-bond acceptors (Lipinski definition) is 3. The Bertz CT molecular complexity index is 740. The fourth-order valence-electron chi connectivity index (χ4n) is 3.43. The number of halogens is 1. The zero-order valence-corrected chi connectivity index (χ0v) is 17.7. The van der Waals surface area contributed by atoms with Crippen LogP contribution in [0.25, 0.3) is 0 Å². The number of carbonyl (C=O) groups is 2. The fourth-order valence-corrected chi connectivity index (χ4v) is 3.43. The SMILES string of the molecule is Br.O=C(NCCNCc1ccccc1)[C@@H]1CCCN1C(=O)Cc1ccccc1. The van der Waals surface area contributed by atoms with Crippen LogP contribution in [0.3, 0.4) is 0 Å². The van der Waals surface area contributed by atoms with Crippen LogP contribution in [0.5, 0.6) is 0 Å². The third-order valence-corrected chi connectivity index (χ3v) is 4.85. The van der Waals surface area contributed by atoms with Crippen molar-refractivity contribution < 1.29 is 9.59 Å². The molecule has 2 aromatic carbocycles. The third-order valence-electron chi connectivity index (χ3n) is 4.85. The summed E-state index contributed by atoms with van der Waals surface area (Å²) in [6.45, 7) is 2.70. The van der Waals surface area contributed by atoms with Crippen molar-refractivity contribution >= 4 is 28.8 Å². The summed E-state index contributed by atoms with van der Waals surface area (Å²) in [5.74, 6) is -0.0172. The summed E-state index contributed by atoms with van der Waals surface area (Å²) in [6, 6.07) is 19.5. The van der Waals surface area contributed by atoms with E-state index in [1.54, 1.807) is 4.90 Å². The van der Waals surface area contributed by atoms with Gasteiger partial charge in [0.25, 0.3) is 0 Å². The third kappa shape index (κ3) is 6.46. The van der Waals surface area contributed by atoms with Crippen molar-refractivity contribution in [2.24, 2.45) is 0 Å². The van der Waals surface area contributed by atoms with Crippen LogP contribution in [0, 0.1) is 0 Å². The highest BCUT2D eigenvalue weighted by molar-refractivity contribution is 8.93. The van der Waals surface area contributed by atoms with Crippen molar-refractivity contribution in [1.82, 2.24) is 15.5 Å². The van der Waals surface area contributed by atoms with Gasteiger partial charge in [-0.1, -0.05) is 60.7 Å². The van der Waals surface area contributed by atoms with Gasteiger partial charge in [0.2, 0.25) is 11.8 Å². The lowest BCUT2D eigenvalue weighted by Gasteiger charge is -2.24. The van der Waals surface area contributed by atoms with Crippen molar-refractivity contribution in [3.8, 4) is 0 Å². The minimum atomic E-state index is -0.338. The molecule has 6 heteroatoms. The molecule has 3 rings (SSSR count). The van der Waals surface area contributed by atoms with Crippen LogP contribution in [-0.2, 0) is 22.6 Å². The molecule has 2 aromatic rings. The topological polar surface area (TPSA) is 61.4 Å². The summed E-state index contributed by atoms with van der Waals surface area (Å²) in [5.41, 5.74) is 2.20. The molecule has 0 aromatic heterocycles. The van der Waals surface area contributed by atoms with Crippen molar-refractivity contribution in [1.29, 1.82) is 0 Å². The van der Waals surface area contributed by atoms with Gasteiger partial charge in [0.1, 0.15) is 6.04 Å². The van der Waals surface area contributed by atoms with Gasteiger partial charge in [-0.3, -0.25) is 9.59 Å². The molecule has 0 bridgehead atoms. The number of hydrogen-bond donors (Lipinski definition) is 2. The van der Waals surface area contributed by atoms with Crippen molar-refractivity contribution in [2.45, 2.75) is 31.8 Å². The monoisotopic (exact) mass is 445 g/mol. The Kier molecular flexibility index (Phi) is 9.17. The first-order valence-electron chi connectivity index (χ1n) is 9.60. The van der Waals surface area contributed by atoms with Crippen LogP contribution in [-0.4, -0.2) is 42.4 Å². The van der Waals surface area contributed by atoms with Crippen LogP contribution >= 0.6 is 17.0 Å². The highest BCUT2D eigenvalue weighted by Crippen LogP contribution is 2.19. The van der Waals surface area contributed by atoms with E-state index in [4.69, 9.17) is 0 Å². The van der Waals surface area contributed by atoms with E-state index in [1.165, 1.54) is 5.56 Å². The molecule has 150 valence electrons. The van der Waals surface area contributed by atoms with Crippen molar-refractivity contribution in [3.05, 3.63) is 71.8 Å². The molecule has 1 atom stereocenters. The first-order valence-corrected chi connectivity index (χ1v) is 9.60. The molecular formula is C22H28BrN3O2. The molecule has 0 spiro atoms. The van der Waals surface area contributed by atoms with Gasteiger partial charge in [-0.05, 0) is 24.0 Å².